The van der Waals surface area contributed by atoms with Gasteiger partial charge in [0.25, 0.3) is 0 Å². The second kappa shape index (κ2) is 10.7. The van der Waals surface area contributed by atoms with Crippen molar-refractivity contribution in [1.29, 1.82) is 0 Å². The van der Waals surface area contributed by atoms with Gasteiger partial charge in [0.2, 0.25) is 0 Å². The maximum Gasteiger partial charge on any atom is 0.0284 e. The van der Waals surface area contributed by atoms with E-state index in [-0.39, 0.29) is 56.8 Å². The van der Waals surface area contributed by atoms with Crippen molar-refractivity contribution in [3.05, 3.63) is 108 Å². The third-order valence-corrected chi connectivity index (χ3v) is 4.18. The molecule has 0 amide bonds. The average Bonchev–Trinajstić information content (AvgIpc) is 3.00. The molecule has 4 rings (SSSR count). The van der Waals surface area contributed by atoms with Gasteiger partial charge < -0.3 is 31.0 Å². The predicted octanol–water partition coefficient (Wildman–Crippen LogP) is 0.235. The number of benzene rings is 3. The molecule has 4 heteroatoms. The summed E-state index contributed by atoms with van der Waals surface area (Å²) >= 11 is 0. The first-order valence-corrected chi connectivity index (χ1v) is 7.35. The Morgan fingerprint density at radius 2 is 1.16 bits per heavy atom. The molecule has 0 fully saturated rings. The van der Waals surface area contributed by atoms with Crippen molar-refractivity contribution >= 4 is 6.08 Å². The predicted molar refractivity (Wildman–Crippen MR) is 94.5 cm³/mol. The van der Waals surface area contributed by atoms with E-state index in [4.69, 9.17) is 0 Å². The van der Waals surface area contributed by atoms with Gasteiger partial charge in [-0.25, -0.2) is 0 Å². The first-order chi connectivity index (χ1) is 10.4. The summed E-state index contributed by atoms with van der Waals surface area (Å²) in [4.78, 5) is 0. The van der Waals surface area contributed by atoms with E-state index >= 15 is 0 Å². The summed E-state index contributed by atoms with van der Waals surface area (Å²) in [7, 11) is 0. The fourth-order valence-corrected chi connectivity index (χ4v) is 3.17. The van der Waals surface area contributed by atoms with Gasteiger partial charge >= 0.3 is 0 Å². The minimum atomic E-state index is 0. The van der Waals surface area contributed by atoms with Crippen molar-refractivity contribution in [3.8, 4) is 11.1 Å². The van der Waals surface area contributed by atoms with E-state index in [2.05, 4.69) is 91.0 Å². The van der Waals surface area contributed by atoms with Crippen LogP contribution in [-0.4, -0.2) is 0 Å². The molecule has 2 N–H and O–H groups in total. The minimum Gasteiger partial charge on any atom is -1.00 e. The Balaban J connectivity index is 0.00000144. The molecular formula is C21H18Cl2HfN-3. The number of hydrogen-bond donors (Lipinski definition) is 0. The SMILES string of the molecule is C1=CC(c2ccccc2-c2ccccc2)c2ccccc21.[Cl-].[Cl-].[Hf].[NH2-]. The van der Waals surface area contributed by atoms with Gasteiger partial charge in [-0.1, -0.05) is 91.0 Å². The van der Waals surface area contributed by atoms with Gasteiger partial charge in [-0.3, -0.25) is 0 Å². The first kappa shape index (κ1) is 23.8. The van der Waals surface area contributed by atoms with Crippen LogP contribution in [0.5, 0.6) is 0 Å². The molecular weight excluding hydrogens is 516 g/mol. The van der Waals surface area contributed by atoms with Crippen LogP contribution in [0, 0.1) is 0 Å². The standard InChI is InChI=1S/C21H16.2ClH.Hf.H2N/c1-2-8-16(9-3-1)18-12-6-7-13-20(18)21-15-14-17-10-4-5-11-19(17)21;;;;/h1-15,21H;2*1H;;1H2/q;;;;-1/p-2. The monoisotopic (exact) mass is 534 g/mol. The van der Waals surface area contributed by atoms with Crippen LogP contribution in [-0.2, 0) is 25.8 Å². The Bertz CT molecular complexity index is 819. The van der Waals surface area contributed by atoms with Crippen molar-refractivity contribution in [2.75, 3.05) is 0 Å². The van der Waals surface area contributed by atoms with Crippen LogP contribution < -0.4 is 24.8 Å². The van der Waals surface area contributed by atoms with Gasteiger partial charge in [0.05, 0.1) is 0 Å². The zero-order valence-corrected chi connectivity index (χ0v) is 18.7. The van der Waals surface area contributed by atoms with E-state index < -0.39 is 0 Å². The average molecular weight is 534 g/mol. The topological polar surface area (TPSA) is 33.5 Å². The van der Waals surface area contributed by atoms with E-state index in [1.54, 1.807) is 0 Å². The molecule has 0 radical (unpaired) electrons. The summed E-state index contributed by atoms with van der Waals surface area (Å²) in [6.45, 7) is 0. The Hall–Kier alpha value is -1.19. The van der Waals surface area contributed by atoms with Gasteiger partial charge in [-0.05, 0) is 27.8 Å². The van der Waals surface area contributed by atoms with E-state index in [1.165, 1.54) is 27.8 Å². The maximum absolute atomic E-state index is 2.31. The van der Waals surface area contributed by atoms with E-state index in [0.29, 0.717) is 5.92 Å². The van der Waals surface area contributed by atoms with Crippen molar-refractivity contribution in [2.45, 2.75) is 5.92 Å². The van der Waals surface area contributed by atoms with Gasteiger partial charge in [-0.2, -0.15) is 0 Å². The summed E-state index contributed by atoms with van der Waals surface area (Å²) in [6.07, 6.45) is 4.55. The zero-order valence-electron chi connectivity index (χ0n) is 13.6. The number of rotatable bonds is 2. The smallest absolute Gasteiger partial charge is 0.0284 e. The van der Waals surface area contributed by atoms with Crippen LogP contribution in [0.2, 0.25) is 0 Å². The molecule has 3 aromatic rings. The molecule has 1 unspecified atom stereocenters. The molecule has 25 heavy (non-hydrogen) atoms. The number of nitrogens with two attached hydrogens (primary N) is 1. The summed E-state index contributed by atoms with van der Waals surface area (Å²) < 4.78 is 0. The molecule has 0 aromatic heterocycles. The molecule has 0 heterocycles. The summed E-state index contributed by atoms with van der Waals surface area (Å²) in [6, 6.07) is 28.0. The zero-order chi connectivity index (χ0) is 14.1. The fourth-order valence-electron chi connectivity index (χ4n) is 3.17. The normalized spacial score (nSPS) is 13.4. The molecule has 0 aliphatic heterocycles. The van der Waals surface area contributed by atoms with Crippen molar-refractivity contribution in [1.82, 2.24) is 0 Å². The molecule has 1 aliphatic carbocycles. The van der Waals surface area contributed by atoms with E-state index in [0.717, 1.165) is 0 Å². The Kier molecular flexibility index (Phi) is 10.2. The van der Waals surface area contributed by atoms with Crippen LogP contribution in [0.4, 0.5) is 0 Å². The van der Waals surface area contributed by atoms with Crippen molar-refractivity contribution in [3.63, 3.8) is 0 Å². The second-order valence-corrected chi connectivity index (χ2v) is 5.42. The molecule has 1 nitrogen and oxygen atoms in total. The molecule has 128 valence electrons. The summed E-state index contributed by atoms with van der Waals surface area (Å²) in [5.41, 5.74) is 6.73. The molecule has 1 atom stereocenters. The van der Waals surface area contributed by atoms with Crippen LogP contribution in [0.15, 0.2) is 84.9 Å². The van der Waals surface area contributed by atoms with Crippen molar-refractivity contribution < 1.29 is 50.7 Å². The fraction of sp³-hybridized carbons (Fsp3) is 0.0476. The maximum atomic E-state index is 2.31. The quantitative estimate of drug-likeness (QED) is 0.423. The van der Waals surface area contributed by atoms with Crippen LogP contribution >= 0.6 is 0 Å². The largest absolute Gasteiger partial charge is 1.00 e. The van der Waals surface area contributed by atoms with Gasteiger partial charge in [-0.15, -0.1) is 0 Å². The van der Waals surface area contributed by atoms with Gasteiger partial charge in [0.1, 0.15) is 0 Å². The van der Waals surface area contributed by atoms with Crippen LogP contribution in [0.3, 0.4) is 0 Å². The van der Waals surface area contributed by atoms with Crippen molar-refractivity contribution in [2.24, 2.45) is 0 Å². The molecule has 0 bridgehead atoms. The number of fused-ring (bicyclic) bond motifs is 1. The Morgan fingerprint density at radius 1 is 0.600 bits per heavy atom. The Morgan fingerprint density at radius 3 is 1.88 bits per heavy atom. The number of hydrogen-bond acceptors (Lipinski definition) is 0. The second-order valence-electron chi connectivity index (χ2n) is 5.42. The van der Waals surface area contributed by atoms with Crippen LogP contribution in [0.1, 0.15) is 22.6 Å². The molecule has 1 aliphatic rings. The minimum absolute atomic E-state index is 0. The van der Waals surface area contributed by atoms with E-state index in [1.807, 2.05) is 0 Å². The number of allylic oxidation sites excluding steroid dienone is 1. The third kappa shape index (κ3) is 4.71. The number of halogens is 2. The van der Waals surface area contributed by atoms with Gasteiger partial charge in [0.15, 0.2) is 0 Å². The Labute approximate surface area is 180 Å². The van der Waals surface area contributed by atoms with E-state index in [9.17, 15) is 0 Å². The molecule has 0 spiro atoms. The van der Waals surface area contributed by atoms with Gasteiger partial charge in [0, 0.05) is 31.8 Å². The first-order valence-electron chi connectivity index (χ1n) is 7.35. The molecule has 0 saturated carbocycles. The summed E-state index contributed by atoms with van der Waals surface area (Å²) in [5.74, 6) is 0.359. The van der Waals surface area contributed by atoms with Crippen LogP contribution in [0.25, 0.3) is 23.4 Å². The summed E-state index contributed by atoms with van der Waals surface area (Å²) in [5, 5.41) is 0. The molecule has 0 saturated heterocycles. The third-order valence-electron chi connectivity index (χ3n) is 4.18. The molecule has 3 aromatic carbocycles.